The van der Waals surface area contributed by atoms with Gasteiger partial charge in [0.05, 0.1) is 27.4 Å². The summed E-state index contributed by atoms with van der Waals surface area (Å²) in [5.74, 6) is -0.269. The maximum atomic E-state index is 13.3. The summed E-state index contributed by atoms with van der Waals surface area (Å²) in [6, 6.07) is 19.2. The number of anilines is 1. The number of carbonyl (C=O) groups excluding carboxylic acids is 1. The molecule has 29 heavy (non-hydrogen) atoms. The van der Waals surface area contributed by atoms with Crippen LogP contribution in [0.15, 0.2) is 77.8 Å². The second-order valence-electron chi connectivity index (χ2n) is 6.47. The van der Waals surface area contributed by atoms with Gasteiger partial charge in [0.1, 0.15) is 0 Å². The number of hydrogen-bond acceptors (Lipinski definition) is 6. The SMILES string of the molecule is CS(=O)(=O)c1ccc(C(=O)N(Cc2ccccn2)c2nc3ccccc3s2)cc1. The molecule has 2 heterocycles. The van der Waals surface area contributed by atoms with Crippen LogP contribution in [0.4, 0.5) is 5.13 Å². The van der Waals surface area contributed by atoms with Crippen molar-refractivity contribution in [2.24, 2.45) is 0 Å². The van der Waals surface area contributed by atoms with Crippen LogP contribution >= 0.6 is 11.3 Å². The van der Waals surface area contributed by atoms with Gasteiger partial charge in [0.25, 0.3) is 5.91 Å². The number of thiazole rings is 1. The zero-order valence-corrected chi connectivity index (χ0v) is 17.2. The first-order valence-electron chi connectivity index (χ1n) is 8.79. The summed E-state index contributed by atoms with van der Waals surface area (Å²) in [6.45, 7) is 0.257. The third-order valence-electron chi connectivity index (χ3n) is 4.33. The smallest absolute Gasteiger partial charge is 0.260 e. The minimum Gasteiger partial charge on any atom is -0.278 e. The Morgan fingerprint density at radius 3 is 2.38 bits per heavy atom. The van der Waals surface area contributed by atoms with E-state index in [1.807, 2.05) is 42.5 Å². The van der Waals surface area contributed by atoms with Crippen LogP contribution in [0, 0.1) is 0 Å². The lowest BCUT2D eigenvalue weighted by Gasteiger charge is -2.19. The molecule has 4 rings (SSSR count). The van der Waals surface area contributed by atoms with Crippen molar-refractivity contribution in [3.63, 3.8) is 0 Å². The number of carbonyl (C=O) groups is 1. The number of amides is 1. The van der Waals surface area contributed by atoms with Gasteiger partial charge in [-0.3, -0.25) is 14.7 Å². The molecule has 2 aromatic carbocycles. The van der Waals surface area contributed by atoms with E-state index in [2.05, 4.69) is 9.97 Å². The van der Waals surface area contributed by atoms with Crippen LogP contribution in [0.5, 0.6) is 0 Å². The van der Waals surface area contributed by atoms with E-state index in [0.29, 0.717) is 10.7 Å². The predicted molar refractivity (Wildman–Crippen MR) is 114 cm³/mol. The van der Waals surface area contributed by atoms with Crippen LogP contribution < -0.4 is 4.90 Å². The summed E-state index contributed by atoms with van der Waals surface area (Å²) < 4.78 is 24.4. The quantitative estimate of drug-likeness (QED) is 0.486. The van der Waals surface area contributed by atoms with E-state index in [0.717, 1.165) is 22.2 Å². The molecular weight excluding hydrogens is 406 g/mol. The van der Waals surface area contributed by atoms with E-state index in [1.54, 1.807) is 11.1 Å². The molecule has 1 amide bonds. The van der Waals surface area contributed by atoms with Crippen LogP contribution in [0.1, 0.15) is 16.1 Å². The van der Waals surface area contributed by atoms with Gasteiger partial charge in [0, 0.05) is 18.0 Å². The van der Waals surface area contributed by atoms with Gasteiger partial charge in [0.2, 0.25) is 0 Å². The molecule has 0 radical (unpaired) electrons. The van der Waals surface area contributed by atoms with Crippen molar-refractivity contribution in [2.75, 3.05) is 11.2 Å². The van der Waals surface area contributed by atoms with Crippen molar-refractivity contribution < 1.29 is 13.2 Å². The lowest BCUT2D eigenvalue weighted by molar-refractivity contribution is 0.0984. The maximum absolute atomic E-state index is 13.3. The number of pyridine rings is 1. The Morgan fingerprint density at radius 1 is 1.00 bits per heavy atom. The number of aromatic nitrogens is 2. The Hall–Kier alpha value is -3.10. The van der Waals surface area contributed by atoms with Crippen molar-refractivity contribution in [1.29, 1.82) is 0 Å². The van der Waals surface area contributed by atoms with Gasteiger partial charge in [0.15, 0.2) is 15.0 Å². The van der Waals surface area contributed by atoms with Gasteiger partial charge in [-0.2, -0.15) is 0 Å². The number of hydrogen-bond donors (Lipinski definition) is 0. The van der Waals surface area contributed by atoms with Gasteiger partial charge in [-0.05, 0) is 48.5 Å². The molecule has 0 aliphatic carbocycles. The molecule has 0 atom stereocenters. The van der Waals surface area contributed by atoms with Crippen molar-refractivity contribution in [3.8, 4) is 0 Å². The van der Waals surface area contributed by atoms with Crippen LogP contribution in [-0.2, 0) is 16.4 Å². The predicted octanol–water partition coefficient (Wildman–Crippen LogP) is 3.94. The molecule has 146 valence electrons. The Morgan fingerprint density at radius 2 is 1.72 bits per heavy atom. The van der Waals surface area contributed by atoms with E-state index in [-0.39, 0.29) is 17.3 Å². The van der Waals surface area contributed by atoms with Gasteiger partial charge in [-0.1, -0.05) is 29.5 Å². The number of fused-ring (bicyclic) bond motifs is 1. The molecule has 0 N–H and O–H groups in total. The summed E-state index contributed by atoms with van der Waals surface area (Å²) in [7, 11) is -3.33. The van der Waals surface area contributed by atoms with Gasteiger partial charge < -0.3 is 0 Å². The normalized spacial score (nSPS) is 11.5. The van der Waals surface area contributed by atoms with E-state index in [1.165, 1.54) is 35.6 Å². The summed E-state index contributed by atoms with van der Waals surface area (Å²) in [6.07, 6.45) is 2.82. The fraction of sp³-hybridized carbons (Fsp3) is 0.0952. The molecule has 0 saturated heterocycles. The molecular formula is C21H17N3O3S2. The highest BCUT2D eigenvalue weighted by atomic mass is 32.2. The highest BCUT2D eigenvalue weighted by Gasteiger charge is 2.22. The number of para-hydroxylation sites is 1. The van der Waals surface area contributed by atoms with Crippen molar-refractivity contribution in [2.45, 2.75) is 11.4 Å². The average molecular weight is 424 g/mol. The van der Waals surface area contributed by atoms with Crippen molar-refractivity contribution in [1.82, 2.24) is 9.97 Å². The van der Waals surface area contributed by atoms with Gasteiger partial charge in [-0.15, -0.1) is 0 Å². The second-order valence-corrected chi connectivity index (χ2v) is 9.50. The summed E-state index contributed by atoms with van der Waals surface area (Å²) >= 11 is 1.43. The number of rotatable bonds is 5. The lowest BCUT2D eigenvalue weighted by Crippen LogP contribution is -2.30. The van der Waals surface area contributed by atoms with Crippen molar-refractivity contribution in [3.05, 3.63) is 84.2 Å². The fourth-order valence-corrected chi connectivity index (χ4v) is 4.45. The molecule has 0 bridgehead atoms. The van der Waals surface area contributed by atoms with E-state index in [9.17, 15) is 13.2 Å². The molecule has 0 unspecified atom stereocenters. The fourth-order valence-electron chi connectivity index (χ4n) is 2.86. The Kier molecular flexibility index (Phi) is 5.12. The van der Waals surface area contributed by atoms with Crippen LogP contribution in [0.3, 0.4) is 0 Å². The van der Waals surface area contributed by atoms with Gasteiger partial charge in [-0.25, -0.2) is 13.4 Å². The topological polar surface area (TPSA) is 80.2 Å². The Bertz CT molecular complexity index is 1230. The number of nitrogens with zero attached hydrogens (tertiary/aromatic N) is 3. The zero-order valence-electron chi connectivity index (χ0n) is 15.5. The van der Waals surface area contributed by atoms with Crippen LogP contribution in [0.25, 0.3) is 10.2 Å². The molecule has 6 nitrogen and oxygen atoms in total. The third-order valence-corrected chi connectivity index (χ3v) is 6.52. The molecule has 0 fully saturated rings. The zero-order chi connectivity index (χ0) is 20.4. The van der Waals surface area contributed by atoms with Gasteiger partial charge >= 0.3 is 0 Å². The minimum atomic E-state index is -3.33. The molecule has 2 aromatic heterocycles. The summed E-state index contributed by atoms with van der Waals surface area (Å²) in [5, 5.41) is 0.564. The lowest BCUT2D eigenvalue weighted by atomic mass is 10.2. The van der Waals surface area contributed by atoms with E-state index >= 15 is 0 Å². The molecule has 0 aliphatic rings. The van der Waals surface area contributed by atoms with Crippen LogP contribution in [-0.4, -0.2) is 30.5 Å². The van der Waals surface area contributed by atoms with Crippen LogP contribution in [0.2, 0.25) is 0 Å². The molecule has 0 spiro atoms. The van der Waals surface area contributed by atoms with E-state index in [4.69, 9.17) is 0 Å². The van der Waals surface area contributed by atoms with E-state index < -0.39 is 9.84 Å². The molecule has 0 aliphatic heterocycles. The average Bonchev–Trinajstić information content (AvgIpc) is 3.15. The first kappa shape index (κ1) is 19.2. The molecule has 0 saturated carbocycles. The third kappa shape index (κ3) is 4.18. The second kappa shape index (κ2) is 7.73. The molecule has 8 heteroatoms. The first-order chi connectivity index (χ1) is 13.9. The minimum absolute atomic E-state index is 0.172. The monoisotopic (exact) mass is 423 g/mol. The summed E-state index contributed by atoms with van der Waals surface area (Å²) in [5.41, 5.74) is 1.93. The standard InChI is InChI=1S/C21H17N3O3S2/c1-29(26,27)17-11-9-15(10-12-17)20(25)24(14-16-6-4-5-13-22-16)21-23-18-7-2-3-8-19(18)28-21/h2-13H,14H2,1H3. The number of sulfone groups is 1. The Balaban J connectivity index is 1.73. The first-order valence-corrected chi connectivity index (χ1v) is 11.5. The number of benzene rings is 2. The highest BCUT2D eigenvalue weighted by molar-refractivity contribution is 7.90. The highest BCUT2D eigenvalue weighted by Crippen LogP contribution is 2.30. The Labute approximate surface area is 172 Å². The maximum Gasteiger partial charge on any atom is 0.260 e. The molecule has 4 aromatic rings. The largest absolute Gasteiger partial charge is 0.278 e. The van der Waals surface area contributed by atoms with Crippen molar-refractivity contribution >= 4 is 42.4 Å². The summed E-state index contributed by atoms with van der Waals surface area (Å²) in [4.78, 5) is 24.0.